The van der Waals surface area contributed by atoms with Crippen LogP contribution in [0.3, 0.4) is 0 Å². The third-order valence-electron chi connectivity index (χ3n) is 2.70. The third-order valence-corrected chi connectivity index (χ3v) is 4.61. The Bertz CT molecular complexity index is 411. The van der Waals surface area contributed by atoms with Crippen molar-refractivity contribution in [1.29, 1.82) is 0 Å². The summed E-state index contributed by atoms with van der Waals surface area (Å²) in [4.78, 5) is 0.409. The average molecular weight is 257 g/mol. The van der Waals surface area contributed by atoms with Gasteiger partial charge in [-0.05, 0) is 25.0 Å². The fraction of sp³-hybridized carbons (Fsp3) is 0.500. The normalized spacial score (nSPS) is 17.1. The Labute approximate surface area is 103 Å². The largest absolute Gasteiger partial charge is 0.400 e. The average Bonchev–Trinajstić information content (AvgIpc) is 2.43. The zero-order valence-corrected chi connectivity index (χ0v) is 10.9. The van der Waals surface area contributed by atoms with Crippen LogP contribution in [-0.4, -0.2) is 38.0 Å². The van der Waals surface area contributed by atoms with Crippen molar-refractivity contribution in [2.45, 2.75) is 24.2 Å². The smallest absolute Gasteiger partial charge is 0.243 e. The van der Waals surface area contributed by atoms with Gasteiger partial charge in [-0.15, -0.1) is 0 Å². The van der Waals surface area contributed by atoms with Crippen LogP contribution in [0.25, 0.3) is 0 Å². The van der Waals surface area contributed by atoms with E-state index in [1.54, 1.807) is 28.6 Å². The van der Waals surface area contributed by atoms with Crippen molar-refractivity contribution in [2.24, 2.45) is 0 Å². The molecule has 1 heterocycles. The van der Waals surface area contributed by atoms with Crippen LogP contribution >= 0.6 is 0 Å². The van der Waals surface area contributed by atoms with E-state index in [1.165, 1.54) is 0 Å². The minimum Gasteiger partial charge on any atom is -0.400 e. The summed E-state index contributed by atoms with van der Waals surface area (Å²) in [6.45, 7) is 1.33. The van der Waals surface area contributed by atoms with Crippen molar-refractivity contribution in [1.82, 2.24) is 4.31 Å². The van der Waals surface area contributed by atoms with Crippen molar-refractivity contribution in [3.8, 4) is 0 Å². The quantitative estimate of drug-likeness (QED) is 0.873. The second-order valence-corrected chi connectivity index (χ2v) is 5.72. The summed E-state index contributed by atoms with van der Waals surface area (Å²) in [6.07, 6.45) is 3.10. The molecule has 0 bridgehead atoms. The van der Waals surface area contributed by atoms with E-state index in [4.69, 9.17) is 5.11 Å². The molecular formula is C12H19NO3S. The first-order chi connectivity index (χ1) is 8.21. The molecule has 1 aliphatic heterocycles. The molecule has 96 valence electrons. The lowest BCUT2D eigenvalue weighted by atomic mass is 10.2. The highest BCUT2D eigenvalue weighted by Gasteiger charge is 2.25. The number of hydrogen-bond acceptors (Lipinski definition) is 3. The summed E-state index contributed by atoms with van der Waals surface area (Å²) in [5.74, 6) is 0. The van der Waals surface area contributed by atoms with Crippen molar-refractivity contribution >= 4 is 10.0 Å². The number of nitrogens with zero attached hydrogens (tertiary/aromatic N) is 1. The second kappa shape index (κ2) is 6.74. The van der Waals surface area contributed by atoms with Gasteiger partial charge in [-0.2, -0.15) is 4.31 Å². The summed E-state index contributed by atoms with van der Waals surface area (Å²) in [7, 11) is -2.23. The van der Waals surface area contributed by atoms with E-state index < -0.39 is 10.0 Å². The van der Waals surface area contributed by atoms with E-state index in [1.807, 2.05) is 6.07 Å². The zero-order valence-electron chi connectivity index (χ0n) is 10.0. The van der Waals surface area contributed by atoms with Crippen LogP contribution in [-0.2, 0) is 10.0 Å². The molecule has 0 aromatic heterocycles. The van der Waals surface area contributed by atoms with Gasteiger partial charge in [0, 0.05) is 20.2 Å². The molecule has 5 heteroatoms. The van der Waals surface area contributed by atoms with E-state index in [-0.39, 0.29) is 0 Å². The first kappa shape index (κ1) is 14.2. The Morgan fingerprint density at radius 2 is 1.53 bits per heavy atom. The number of aliphatic hydroxyl groups is 1. The van der Waals surface area contributed by atoms with Gasteiger partial charge < -0.3 is 5.11 Å². The van der Waals surface area contributed by atoms with E-state index in [9.17, 15) is 8.42 Å². The molecule has 0 amide bonds. The highest BCUT2D eigenvalue weighted by Crippen LogP contribution is 2.19. The van der Waals surface area contributed by atoms with Gasteiger partial charge in [-0.25, -0.2) is 8.42 Å². The van der Waals surface area contributed by atoms with E-state index >= 15 is 0 Å². The minimum atomic E-state index is -3.23. The summed E-state index contributed by atoms with van der Waals surface area (Å²) < 4.78 is 25.8. The molecule has 2 rings (SSSR count). The number of aliphatic hydroxyl groups excluding tert-OH is 1. The van der Waals surface area contributed by atoms with Crippen LogP contribution in [0.5, 0.6) is 0 Å². The maximum Gasteiger partial charge on any atom is 0.243 e. The fourth-order valence-electron chi connectivity index (χ4n) is 1.85. The summed E-state index contributed by atoms with van der Waals surface area (Å²) in [5.41, 5.74) is 0. The molecule has 0 spiro atoms. The van der Waals surface area contributed by atoms with Gasteiger partial charge in [-0.3, -0.25) is 0 Å². The van der Waals surface area contributed by atoms with Crippen LogP contribution in [0.4, 0.5) is 0 Å². The van der Waals surface area contributed by atoms with Gasteiger partial charge in [-0.1, -0.05) is 24.6 Å². The van der Waals surface area contributed by atoms with Gasteiger partial charge >= 0.3 is 0 Å². The van der Waals surface area contributed by atoms with Gasteiger partial charge in [0.25, 0.3) is 0 Å². The molecule has 4 nitrogen and oxygen atoms in total. The molecule has 0 unspecified atom stereocenters. The van der Waals surface area contributed by atoms with E-state index in [0.29, 0.717) is 18.0 Å². The molecular weight excluding hydrogens is 238 g/mol. The molecule has 1 saturated heterocycles. The maximum atomic E-state index is 12.1. The van der Waals surface area contributed by atoms with Gasteiger partial charge in [0.15, 0.2) is 0 Å². The summed E-state index contributed by atoms with van der Waals surface area (Å²) in [5, 5.41) is 7.00. The number of hydrogen-bond donors (Lipinski definition) is 1. The van der Waals surface area contributed by atoms with Crippen LogP contribution < -0.4 is 0 Å². The highest BCUT2D eigenvalue weighted by atomic mass is 32.2. The van der Waals surface area contributed by atoms with Gasteiger partial charge in [0.2, 0.25) is 10.0 Å². The Hall–Kier alpha value is -0.910. The molecule has 1 aromatic rings. The number of benzene rings is 1. The Morgan fingerprint density at radius 3 is 2.06 bits per heavy atom. The summed E-state index contributed by atoms with van der Waals surface area (Å²) >= 11 is 0. The Morgan fingerprint density at radius 1 is 1.00 bits per heavy atom. The number of rotatable bonds is 2. The SMILES string of the molecule is CO.O=S(=O)(c1ccccc1)N1CCCCC1. The van der Waals surface area contributed by atoms with E-state index in [2.05, 4.69) is 0 Å². The zero-order chi connectivity index (χ0) is 12.7. The molecule has 17 heavy (non-hydrogen) atoms. The number of piperidine rings is 1. The molecule has 1 aliphatic rings. The van der Waals surface area contributed by atoms with E-state index in [0.717, 1.165) is 26.4 Å². The second-order valence-electron chi connectivity index (χ2n) is 3.78. The van der Waals surface area contributed by atoms with Crippen molar-refractivity contribution in [3.05, 3.63) is 30.3 Å². The maximum absolute atomic E-state index is 12.1. The van der Waals surface area contributed by atoms with Crippen LogP contribution in [0.15, 0.2) is 35.2 Å². The van der Waals surface area contributed by atoms with Gasteiger partial charge in [0.1, 0.15) is 0 Å². The standard InChI is InChI=1S/C11H15NO2S.CH4O/c13-15(14,11-7-3-1-4-8-11)12-9-5-2-6-10-12;1-2/h1,3-4,7-8H,2,5-6,9-10H2;2H,1H3. The molecule has 0 radical (unpaired) electrons. The Balaban J connectivity index is 0.000000686. The highest BCUT2D eigenvalue weighted by molar-refractivity contribution is 7.89. The van der Waals surface area contributed by atoms with Crippen molar-refractivity contribution < 1.29 is 13.5 Å². The molecule has 0 aliphatic carbocycles. The molecule has 1 N–H and O–H groups in total. The van der Waals surface area contributed by atoms with Crippen molar-refractivity contribution in [3.63, 3.8) is 0 Å². The minimum absolute atomic E-state index is 0.409. The molecule has 1 fully saturated rings. The van der Waals surface area contributed by atoms with Gasteiger partial charge in [0.05, 0.1) is 4.90 Å². The molecule has 1 aromatic carbocycles. The molecule has 0 saturated carbocycles. The predicted octanol–water partition coefficient (Wildman–Crippen LogP) is 1.47. The lowest BCUT2D eigenvalue weighted by Crippen LogP contribution is -2.35. The number of sulfonamides is 1. The molecule has 0 atom stereocenters. The third kappa shape index (κ3) is 3.52. The lowest BCUT2D eigenvalue weighted by molar-refractivity contribution is 0.346. The topological polar surface area (TPSA) is 57.6 Å². The van der Waals surface area contributed by atoms with Crippen LogP contribution in [0.2, 0.25) is 0 Å². The van der Waals surface area contributed by atoms with Crippen LogP contribution in [0.1, 0.15) is 19.3 Å². The van der Waals surface area contributed by atoms with Crippen LogP contribution in [0, 0.1) is 0 Å². The summed E-state index contributed by atoms with van der Waals surface area (Å²) in [6, 6.07) is 8.66. The first-order valence-corrected chi connectivity index (χ1v) is 7.15. The first-order valence-electron chi connectivity index (χ1n) is 5.71. The Kier molecular flexibility index (Phi) is 5.61. The monoisotopic (exact) mass is 257 g/mol. The van der Waals surface area contributed by atoms with Crippen molar-refractivity contribution in [2.75, 3.05) is 20.2 Å². The fourth-order valence-corrected chi connectivity index (χ4v) is 3.38. The lowest BCUT2D eigenvalue weighted by Gasteiger charge is -2.25. The predicted molar refractivity (Wildman–Crippen MR) is 67.2 cm³/mol.